The molecule has 1 heterocycles. The molecule has 0 aromatic heterocycles. The summed E-state index contributed by atoms with van der Waals surface area (Å²) in [4.78, 5) is 38.4. The maximum Gasteiger partial charge on any atom is 0.240 e. The molecule has 4 N–H and O–H groups in total. The number of nitrogens with zero attached hydrogens (tertiary/aromatic N) is 2. The molecule has 2 unspecified atom stereocenters. The number of nitriles is 1. The summed E-state index contributed by atoms with van der Waals surface area (Å²) in [6.07, 6.45) is 0.352. The summed E-state index contributed by atoms with van der Waals surface area (Å²) in [7, 11) is 0. The van der Waals surface area contributed by atoms with Crippen molar-refractivity contribution in [1.82, 2.24) is 10.2 Å². The molecule has 8 heteroatoms. The third kappa shape index (κ3) is 3.51. The van der Waals surface area contributed by atoms with E-state index >= 15 is 0 Å². The van der Waals surface area contributed by atoms with Gasteiger partial charge in [0.25, 0.3) is 0 Å². The summed E-state index contributed by atoms with van der Waals surface area (Å²) >= 11 is 0. The molecule has 2 rings (SSSR count). The van der Waals surface area contributed by atoms with Crippen LogP contribution in [0.15, 0.2) is 0 Å². The molecule has 1 aliphatic heterocycles. The predicted octanol–water partition coefficient (Wildman–Crippen LogP) is -0.732. The lowest BCUT2D eigenvalue weighted by Gasteiger charge is -2.34. The molecule has 0 aromatic carbocycles. The fourth-order valence-corrected chi connectivity index (χ4v) is 3.07. The monoisotopic (exact) mass is 336 g/mol. The summed E-state index contributed by atoms with van der Waals surface area (Å²) in [5.41, 5.74) is 3.72. The quantitative estimate of drug-likeness (QED) is 0.581. The zero-order valence-corrected chi connectivity index (χ0v) is 14.2. The van der Waals surface area contributed by atoms with Crippen LogP contribution in [0.25, 0.3) is 0 Å². The number of nitrogens with two attached hydrogens (primary N) is 1. The Morgan fingerprint density at radius 3 is 2.38 bits per heavy atom. The van der Waals surface area contributed by atoms with E-state index in [1.807, 2.05) is 0 Å². The van der Waals surface area contributed by atoms with Crippen molar-refractivity contribution in [2.45, 2.75) is 57.7 Å². The first-order valence-electron chi connectivity index (χ1n) is 8.02. The SMILES string of the molecule is CC(C)(C)[C@@H](C(=O)NC1(C#N)CC1)C(=O)N1CC(O)CC1C(N)=O. The Bertz CT molecular complexity index is 600. The highest BCUT2D eigenvalue weighted by Gasteiger charge is 2.50. The minimum atomic E-state index is -1.07. The van der Waals surface area contributed by atoms with Gasteiger partial charge in [0.05, 0.1) is 12.2 Å². The van der Waals surface area contributed by atoms with Crippen molar-refractivity contribution in [1.29, 1.82) is 5.26 Å². The maximum atomic E-state index is 13.0. The number of hydrogen-bond donors (Lipinski definition) is 3. The third-order valence-electron chi connectivity index (χ3n) is 4.59. The lowest BCUT2D eigenvalue weighted by molar-refractivity contribution is -0.150. The number of hydrogen-bond acceptors (Lipinski definition) is 5. The Morgan fingerprint density at radius 1 is 1.38 bits per heavy atom. The van der Waals surface area contributed by atoms with Crippen molar-refractivity contribution in [2.24, 2.45) is 17.1 Å². The fraction of sp³-hybridized carbons (Fsp3) is 0.750. The highest BCUT2D eigenvalue weighted by molar-refractivity contribution is 6.03. The van der Waals surface area contributed by atoms with Crippen molar-refractivity contribution in [3.8, 4) is 6.07 Å². The molecule has 132 valence electrons. The average molecular weight is 336 g/mol. The van der Waals surface area contributed by atoms with Crippen molar-refractivity contribution in [3.63, 3.8) is 0 Å². The van der Waals surface area contributed by atoms with E-state index < -0.39 is 46.7 Å². The number of rotatable bonds is 4. The van der Waals surface area contributed by atoms with Crippen molar-refractivity contribution in [3.05, 3.63) is 0 Å². The minimum Gasteiger partial charge on any atom is -0.391 e. The van der Waals surface area contributed by atoms with Crippen molar-refractivity contribution >= 4 is 17.7 Å². The highest BCUT2D eigenvalue weighted by atomic mass is 16.3. The Kier molecular flexibility index (Phi) is 4.59. The third-order valence-corrected chi connectivity index (χ3v) is 4.59. The lowest BCUT2D eigenvalue weighted by Crippen LogP contribution is -2.54. The molecule has 1 saturated carbocycles. The number of amides is 3. The molecule has 0 radical (unpaired) electrons. The molecule has 0 spiro atoms. The van der Waals surface area contributed by atoms with Gasteiger partial charge in [-0.2, -0.15) is 5.26 Å². The van der Waals surface area contributed by atoms with Gasteiger partial charge in [-0.05, 0) is 18.3 Å². The minimum absolute atomic E-state index is 0.0321. The first-order chi connectivity index (χ1) is 11.0. The number of nitrogens with one attached hydrogen (secondary N) is 1. The van der Waals surface area contributed by atoms with Gasteiger partial charge in [-0.25, -0.2) is 0 Å². The van der Waals surface area contributed by atoms with Crippen LogP contribution in [0, 0.1) is 22.7 Å². The van der Waals surface area contributed by atoms with Crippen LogP contribution in [-0.2, 0) is 14.4 Å². The number of primary amides is 1. The van der Waals surface area contributed by atoms with E-state index in [1.54, 1.807) is 20.8 Å². The number of carbonyl (C=O) groups excluding carboxylic acids is 3. The van der Waals surface area contributed by atoms with Gasteiger partial charge in [0.15, 0.2) is 0 Å². The van der Waals surface area contributed by atoms with Crippen LogP contribution in [0.4, 0.5) is 0 Å². The van der Waals surface area contributed by atoms with Gasteiger partial charge in [-0.15, -0.1) is 0 Å². The van der Waals surface area contributed by atoms with Gasteiger partial charge in [0.2, 0.25) is 17.7 Å². The highest BCUT2D eigenvalue weighted by Crippen LogP contribution is 2.37. The number of likely N-dealkylation sites (tertiary alicyclic amines) is 1. The molecular formula is C16H24N4O4. The van der Waals surface area contributed by atoms with Gasteiger partial charge in [-0.1, -0.05) is 20.8 Å². The zero-order chi connectivity index (χ0) is 18.3. The van der Waals surface area contributed by atoms with Gasteiger partial charge in [0.1, 0.15) is 17.5 Å². The molecule has 8 nitrogen and oxygen atoms in total. The summed E-state index contributed by atoms with van der Waals surface area (Å²) in [6, 6.07) is 1.14. The summed E-state index contributed by atoms with van der Waals surface area (Å²) in [6.45, 7) is 5.20. The van der Waals surface area contributed by atoms with E-state index in [0.717, 1.165) is 0 Å². The zero-order valence-electron chi connectivity index (χ0n) is 14.2. The van der Waals surface area contributed by atoms with E-state index in [1.165, 1.54) is 4.90 Å². The van der Waals surface area contributed by atoms with Crippen LogP contribution < -0.4 is 11.1 Å². The van der Waals surface area contributed by atoms with Crippen LogP contribution in [0.3, 0.4) is 0 Å². The standard InChI is InChI=1S/C16H24N4O4/c1-15(2,3)11(13(23)19-16(8-17)4-5-16)14(24)20-7-9(21)6-10(20)12(18)22/h9-11,21H,4-7H2,1-3H3,(H2,18,22)(H,19,23)/t9?,10?,11-/m0/s1. The molecule has 0 aromatic rings. The fourth-order valence-electron chi connectivity index (χ4n) is 3.07. The summed E-state index contributed by atoms with van der Waals surface area (Å²) < 4.78 is 0. The number of aliphatic hydroxyl groups excluding tert-OH is 1. The smallest absolute Gasteiger partial charge is 0.240 e. The lowest BCUT2D eigenvalue weighted by atomic mass is 9.78. The van der Waals surface area contributed by atoms with Gasteiger partial charge in [0, 0.05) is 13.0 Å². The van der Waals surface area contributed by atoms with Gasteiger partial charge in [-0.3, -0.25) is 14.4 Å². The van der Waals surface area contributed by atoms with Crippen LogP contribution in [0.5, 0.6) is 0 Å². The molecule has 3 amide bonds. The summed E-state index contributed by atoms with van der Waals surface area (Å²) in [5, 5.41) is 21.6. The number of carbonyl (C=O) groups is 3. The normalized spacial score (nSPS) is 26.4. The topological polar surface area (TPSA) is 137 Å². The van der Waals surface area contributed by atoms with Crippen LogP contribution >= 0.6 is 0 Å². The Morgan fingerprint density at radius 2 is 1.96 bits per heavy atom. The first-order valence-corrected chi connectivity index (χ1v) is 8.02. The van der Waals surface area contributed by atoms with Crippen LogP contribution in [0.2, 0.25) is 0 Å². The molecule has 2 aliphatic rings. The number of β-amino-alcohol motifs (C(OH)–C–C–N with tert-alkyl or cyclic N) is 1. The van der Waals surface area contributed by atoms with Gasteiger partial charge >= 0.3 is 0 Å². The molecule has 24 heavy (non-hydrogen) atoms. The van der Waals surface area contributed by atoms with E-state index in [9.17, 15) is 19.5 Å². The van der Waals surface area contributed by atoms with E-state index in [2.05, 4.69) is 11.4 Å². The second-order valence-corrected chi connectivity index (χ2v) is 7.78. The first kappa shape index (κ1) is 18.2. The van der Waals surface area contributed by atoms with Crippen LogP contribution in [-0.4, -0.2) is 52.0 Å². The molecule has 0 bridgehead atoms. The second kappa shape index (κ2) is 6.06. The Balaban J connectivity index is 2.24. The van der Waals surface area contributed by atoms with Crippen molar-refractivity contribution < 1.29 is 19.5 Å². The predicted molar refractivity (Wildman–Crippen MR) is 84.0 cm³/mol. The Labute approximate surface area is 141 Å². The average Bonchev–Trinajstić information content (AvgIpc) is 3.09. The molecule has 1 aliphatic carbocycles. The molecule has 1 saturated heterocycles. The summed E-state index contributed by atoms with van der Waals surface area (Å²) in [5.74, 6) is -2.86. The largest absolute Gasteiger partial charge is 0.391 e. The van der Waals surface area contributed by atoms with Crippen molar-refractivity contribution in [2.75, 3.05) is 6.54 Å². The Hall–Kier alpha value is -2.14. The second-order valence-electron chi connectivity index (χ2n) is 7.78. The molecule has 3 atom stereocenters. The van der Waals surface area contributed by atoms with Gasteiger partial charge < -0.3 is 21.1 Å². The number of aliphatic hydroxyl groups is 1. The molecular weight excluding hydrogens is 312 g/mol. The van der Waals surface area contributed by atoms with E-state index in [-0.39, 0.29) is 13.0 Å². The van der Waals surface area contributed by atoms with Crippen LogP contribution in [0.1, 0.15) is 40.0 Å². The van der Waals surface area contributed by atoms with E-state index in [4.69, 9.17) is 11.0 Å². The maximum absolute atomic E-state index is 13.0. The molecule has 2 fully saturated rings. The van der Waals surface area contributed by atoms with E-state index in [0.29, 0.717) is 12.8 Å².